The number of benzene rings is 2. The van der Waals surface area contributed by atoms with Crippen molar-refractivity contribution in [2.75, 3.05) is 41.4 Å². The van der Waals surface area contributed by atoms with Crippen LogP contribution in [-0.4, -0.2) is 47.8 Å². The Balaban J connectivity index is 1.87. The molecule has 1 aliphatic heterocycles. The molecule has 12 heteroatoms. The molecule has 2 aromatic carbocycles. The van der Waals surface area contributed by atoms with Crippen LogP contribution in [0.25, 0.3) is 0 Å². The number of ether oxygens (including phenoxy) is 1. The number of nitrogen functional groups attached to an aromatic ring is 1. The third kappa shape index (κ3) is 7.19. The minimum Gasteiger partial charge on any atom is -0.611 e. The van der Waals surface area contributed by atoms with E-state index in [4.69, 9.17) is 33.7 Å². The molecule has 1 aliphatic rings. The number of nitrogens with zero attached hydrogens (tertiary/aromatic N) is 1. The molecule has 0 radical (unpaired) electrons. The van der Waals surface area contributed by atoms with Crippen molar-refractivity contribution in [1.82, 2.24) is 0 Å². The molecule has 3 N–H and O–H groups in total. The highest BCUT2D eigenvalue weighted by atomic mass is 35.5. The van der Waals surface area contributed by atoms with Crippen molar-refractivity contribution >= 4 is 63.3 Å². The average Bonchev–Trinajstić information content (AvgIpc) is 2.86. The lowest BCUT2D eigenvalue weighted by molar-refractivity contribution is -0.144. The van der Waals surface area contributed by atoms with Crippen LogP contribution in [0.1, 0.15) is 44.6 Å². The monoisotopic (exact) mass is 575 g/mol. The summed E-state index contributed by atoms with van der Waals surface area (Å²) in [6.45, 7) is 3.73. The lowest BCUT2D eigenvalue weighted by Crippen LogP contribution is -2.39. The highest BCUT2D eigenvalue weighted by Gasteiger charge is 2.36. The molecule has 7 nitrogen and oxygen atoms in total. The summed E-state index contributed by atoms with van der Waals surface area (Å²) in [4.78, 5) is 27.9. The molecule has 1 amide bonds. The third-order valence-electron chi connectivity index (χ3n) is 6.10. The van der Waals surface area contributed by atoms with Crippen LogP contribution >= 0.6 is 23.2 Å². The number of halogens is 4. The molecule has 2 atom stereocenters. The molecule has 0 bridgehead atoms. The van der Waals surface area contributed by atoms with Gasteiger partial charge in [0.2, 0.25) is 5.91 Å². The fourth-order valence-corrected chi connectivity index (χ4v) is 5.53. The van der Waals surface area contributed by atoms with Gasteiger partial charge in [0, 0.05) is 25.9 Å². The number of hydrogen-bond acceptors (Lipinski definition) is 6. The molecule has 0 spiro atoms. The van der Waals surface area contributed by atoms with Crippen molar-refractivity contribution in [1.29, 1.82) is 0 Å². The Morgan fingerprint density at radius 2 is 1.84 bits per heavy atom. The normalized spacial score (nSPS) is 16.7. The molecule has 2 unspecified atom stereocenters. The number of nitrogens with one attached hydrogen (secondary N) is 1. The van der Waals surface area contributed by atoms with E-state index < -0.39 is 34.9 Å². The van der Waals surface area contributed by atoms with Gasteiger partial charge in [0.25, 0.3) is 5.92 Å². The fourth-order valence-electron chi connectivity index (χ4n) is 4.06. The van der Waals surface area contributed by atoms with Crippen LogP contribution in [0.3, 0.4) is 0 Å². The summed E-state index contributed by atoms with van der Waals surface area (Å²) >= 11 is 11.8. The second-order valence-corrected chi connectivity index (χ2v) is 11.1. The standard InChI is InChI=1S/C25H29Cl2F2N3O4S/c1-3-36-20(33)13-17(15-5-7-16(8-6-15)37(35)4-2)24(34)31-19-14-18(26)23(21(27)22(19)30)32-11-9-25(28,29)10-12-32/h5-8,14,17H,3-4,9-13,30H2,1-2H3,(H,31,34). The number of alkyl halides is 2. The molecular formula is C25H29Cl2F2N3O4S. The van der Waals surface area contributed by atoms with E-state index in [9.17, 15) is 22.9 Å². The number of piperidine rings is 1. The van der Waals surface area contributed by atoms with Crippen molar-refractivity contribution in [2.45, 2.75) is 49.8 Å². The maximum atomic E-state index is 13.6. The van der Waals surface area contributed by atoms with Gasteiger partial charge in [-0.3, -0.25) is 9.59 Å². The van der Waals surface area contributed by atoms with E-state index in [1.54, 1.807) is 43.0 Å². The van der Waals surface area contributed by atoms with E-state index in [-0.39, 0.29) is 60.4 Å². The van der Waals surface area contributed by atoms with Crippen molar-refractivity contribution in [3.63, 3.8) is 0 Å². The van der Waals surface area contributed by atoms with Gasteiger partial charge >= 0.3 is 5.97 Å². The van der Waals surface area contributed by atoms with Gasteiger partial charge in [-0.2, -0.15) is 0 Å². The number of esters is 1. The number of carbonyl (C=O) groups is 2. The lowest BCUT2D eigenvalue weighted by Gasteiger charge is -2.34. The summed E-state index contributed by atoms with van der Waals surface area (Å²) < 4.78 is 44.3. The van der Waals surface area contributed by atoms with Gasteiger partial charge in [-0.25, -0.2) is 8.78 Å². The lowest BCUT2D eigenvalue weighted by atomic mass is 9.94. The van der Waals surface area contributed by atoms with Crippen molar-refractivity contribution in [2.24, 2.45) is 0 Å². The number of nitrogens with two attached hydrogens (primary N) is 1. The second kappa shape index (κ2) is 12.5. The number of hydrogen-bond donors (Lipinski definition) is 2. The van der Waals surface area contributed by atoms with E-state index >= 15 is 0 Å². The van der Waals surface area contributed by atoms with Crippen LogP contribution in [-0.2, 0) is 25.5 Å². The van der Waals surface area contributed by atoms with Crippen molar-refractivity contribution < 1.29 is 27.7 Å². The SMILES string of the molecule is CCOC(=O)CC(C(=O)Nc1cc(Cl)c(N2CCC(F)(F)CC2)c(Cl)c1N)c1ccc([S+]([O-])CC)cc1. The topological polar surface area (TPSA) is 108 Å². The first-order valence-corrected chi connectivity index (χ1v) is 13.9. The third-order valence-corrected chi connectivity index (χ3v) is 8.09. The van der Waals surface area contributed by atoms with E-state index in [0.717, 1.165) is 0 Å². The summed E-state index contributed by atoms with van der Waals surface area (Å²) in [5, 5.41) is 2.88. The zero-order valence-electron chi connectivity index (χ0n) is 20.5. The van der Waals surface area contributed by atoms with E-state index in [2.05, 4.69) is 5.32 Å². The number of rotatable bonds is 9. The zero-order valence-corrected chi connectivity index (χ0v) is 22.8. The van der Waals surface area contributed by atoms with Gasteiger partial charge in [-0.15, -0.1) is 0 Å². The van der Waals surface area contributed by atoms with Gasteiger partial charge in [0.05, 0.1) is 46.1 Å². The molecule has 3 rings (SSSR count). The molecule has 37 heavy (non-hydrogen) atoms. The molecule has 2 aromatic rings. The molecule has 0 saturated carbocycles. The van der Waals surface area contributed by atoms with E-state index in [1.807, 2.05) is 0 Å². The first-order valence-electron chi connectivity index (χ1n) is 11.8. The Bertz CT molecular complexity index is 1130. The average molecular weight is 576 g/mol. The summed E-state index contributed by atoms with van der Waals surface area (Å²) in [7, 11) is 0. The highest BCUT2D eigenvalue weighted by Crippen LogP contribution is 2.44. The van der Waals surface area contributed by atoms with Crippen LogP contribution in [0.4, 0.5) is 25.8 Å². The Morgan fingerprint density at radius 3 is 2.41 bits per heavy atom. The first-order chi connectivity index (χ1) is 17.5. The molecule has 202 valence electrons. The highest BCUT2D eigenvalue weighted by molar-refractivity contribution is 7.91. The van der Waals surface area contributed by atoms with Crippen LogP contribution in [0.15, 0.2) is 35.2 Å². The number of amides is 1. The predicted molar refractivity (Wildman–Crippen MR) is 143 cm³/mol. The second-order valence-electron chi connectivity index (χ2n) is 8.58. The van der Waals surface area contributed by atoms with Gasteiger partial charge in [-0.05, 0) is 48.8 Å². The van der Waals surface area contributed by atoms with Gasteiger partial charge < -0.3 is 25.2 Å². The largest absolute Gasteiger partial charge is 0.611 e. The van der Waals surface area contributed by atoms with Gasteiger partial charge in [0.15, 0.2) is 4.90 Å². The van der Waals surface area contributed by atoms with E-state index in [1.165, 1.54) is 6.07 Å². The fraction of sp³-hybridized carbons (Fsp3) is 0.440. The number of anilines is 3. The Morgan fingerprint density at radius 1 is 1.22 bits per heavy atom. The molecule has 1 saturated heterocycles. The maximum absolute atomic E-state index is 13.6. The molecule has 1 fully saturated rings. The molecule has 1 heterocycles. The van der Waals surface area contributed by atoms with Crippen molar-refractivity contribution in [3.8, 4) is 0 Å². The summed E-state index contributed by atoms with van der Waals surface area (Å²) in [5.41, 5.74) is 7.21. The quantitative estimate of drug-likeness (QED) is 0.228. The van der Waals surface area contributed by atoms with Crippen LogP contribution < -0.4 is 16.0 Å². The summed E-state index contributed by atoms with van der Waals surface area (Å²) in [5.74, 6) is -4.36. The summed E-state index contributed by atoms with van der Waals surface area (Å²) in [6, 6.07) is 8.01. The Labute approximate surface area is 227 Å². The Kier molecular flexibility index (Phi) is 9.91. The first kappa shape index (κ1) is 29.3. The molecular weight excluding hydrogens is 547 g/mol. The van der Waals surface area contributed by atoms with Gasteiger partial charge in [-0.1, -0.05) is 35.3 Å². The number of carbonyl (C=O) groups excluding carboxylic acids is 2. The van der Waals surface area contributed by atoms with Crippen LogP contribution in [0.5, 0.6) is 0 Å². The van der Waals surface area contributed by atoms with Crippen LogP contribution in [0.2, 0.25) is 10.0 Å². The maximum Gasteiger partial charge on any atom is 0.306 e. The minimum atomic E-state index is -2.74. The molecule has 0 aliphatic carbocycles. The van der Waals surface area contributed by atoms with Gasteiger partial charge in [0.1, 0.15) is 5.75 Å². The molecule has 0 aromatic heterocycles. The zero-order chi connectivity index (χ0) is 27.3. The minimum absolute atomic E-state index is 0.0234. The van der Waals surface area contributed by atoms with Crippen LogP contribution in [0, 0.1) is 0 Å². The predicted octanol–water partition coefficient (Wildman–Crippen LogP) is 5.61. The van der Waals surface area contributed by atoms with E-state index in [0.29, 0.717) is 21.9 Å². The smallest absolute Gasteiger partial charge is 0.306 e. The summed E-state index contributed by atoms with van der Waals surface area (Å²) in [6.07, 6.45) is -0.909. The Hall–Kier alpha value is -2.27. The van der Waals surface area contributed by atoms with Crippen molar-refractivity contribution in [3.05, 3.63) is 45.9 Å².